The molecule has 0 aliphatic carbocycles. The number of rotatable bonds is 8. The fourth-order valence-corrected chi connectivity index (χ4v) is 3.72. The van der Waals surface area contributed by atoms with Crippen LogP contribution in [0.2, 0.25) is 0 Å². The number of nitrogens with one attached hydrogen (secondary N) is 2. The molecule has 1 fully saturated rings. The average molecular weight is 381 g/mol. The Morgan fingerprint density at radius 1 is 1.08 bits per heavy atom. The first-order chi connectivity index (χ1) is 12.5. The van der Waals surface area contributed by atoms with Crippen molar-refractivity contribution in [3.8, 4) is 0 Å². The van der Waals surface area contributed by atoms with Crippen LogP contribution in [0, 0.1) is 0 Å². The molecule has 146 valence electrons. The summed E-state index contributed by atoms with van der Waals surface area (Å²) in [5, 5.41) is 6.27. The Morgan fingerprint density at radius 3 is 2.35 bits per heavy atom. The molecule has 0 radical (unpaired) electrons. The number of hydrogen-bond acceptors (Lipinski definition) is 4. The maximum absolute atomic E-state index is 11.5. The van der Waals surface area contributed by atoms with Crippen molar-refractivity contribution in [1.82, 2.24) is 15.5 Å². The van der Waals surface area contributed by atoms with Crippen molar-refractivity contribution < 1.29 is 8.42 Å². The van der Waals surface area contributed by atoms with Crippen molar-refractivity contribution in [1.29, 1.82) is 0 Å². The lowest BCUT2D eigenvalue weighted by Crippen LogP contribution is -2.39. The van der Waals surface area contributed by atoms with Crippen molar-refractivity contribution in [2.24, 2.45) is 4.99 Å². The number of piperidine rings is 1. The number of benzene rings is 1. The lowest BCUT2D eigenvalue weighted by Gasteiger charge is -2.26. The minimum Gasteiger partial charge on any atom is -0.355 e. The number of nitrogens with zero attached hydrogens (tertiary/aromatic N) is 2. The quantitative estimate of drug-likeness (QED) is 0.531. The molecule has 1 heterocycles. The van der Waals surface area contributed by atoms with Gasteiger partial charge in [-0.05, 0) is 37.1 Å². The molecular formula is C19H32N4O2S. The molecule has 2 N–H and O–H groups in total. The zero-order valence-corrected chi connectivity index (χ0v) is 16.8. The topological polar surface area (TPSA) is 73.8 Å². The first-order valence-corrected chi connectivity index (χ1v) is 11.3. The van der Waals surface area contributed by atoms with Crippen molar-refractivity contribution >= 4 is 15.8 Å². The van der Waals surface area contributed by atoms with Crippen molar-refractivity contribution in [2.45, 2.75) is 39.3 Å². The highest BCUT2D eigenvalue weighted by atomic mass is 32.2. The monoisotopic (exact) mass is 380 g/mol. The molecule has 26 heavy (non-hydrogen) atoms. The summed E-state index contributed by atoms with van der Waals surface area (Å²) in [5.74, 6) is 0.911. The van der Waals surface area contributed by atoms with E-state index >= 15 is 0 Å². The molecule has 0 spiro atoms. The zero-order chi connectivity index (χ0) is 18.8. The van der Waals surface area contributed by atoms with Gasteiger partial charge in [0.1, 0.15) is 0 Å². The largest absolute Gasteiger partial charge is 0.355 e. The fourth-order valence-electron chi connectivity index (χ4n) is 3.01. The van der Waals surface area contributed by atoms with Gasteiger partial charge in [0.25, 0.3) is 0 Å². The molecule has 0 atom stereocenters. The number of guanidine groups is 1. The first-order valence-electron chi connectivity index (χ1n) is 9.47. The molecule has 1 aliphatic heterocycles. The lowest BCUT2D eigenvalue weighted by molar-refractivity contribution is 0.221. The van der Waals surface area contributed by atoms with Gasteiger partial charge in [-0.3, -0.25) is 9.89 Å². The number of sulfone groups is 1. The smallest absolute Gasteiger partial charge is 0.191 e. The second-order valence-electron chi connectivity index (χ2n) is 6.74. The Kier molecular flexibility index (Phi) is 8.38. The summed E-state index contributed by atoms with van der Waals surface area (Å²) < 4.78 is 23.0. The maximum Gasteiger partial charge on any atom is 0.191 e. The third-order valence-electron chi connectivity index (χ3n) is 4.71. The van der Waals surface area contributed by atoms with E-state index in [1.165, 1.54) is 43.5 Å². The van der Waals surface area contributed by atoms with E-state index in [2.05, 4.69) is 44.8 Å². The summed E-state index contributed by atoms with van der Waals surface area (Å²) in [7, 11) is -1.27. The molecule has 2 rings (SSSR count). The van der Waals surface area contributed by atoms with Gasteiger partial charge in [-0.15, -0.1) is 0 Å². The van der Waals surface area contributed by atoms with E-state index in [0.717, 1.165) is 6.54 Å². The lowest BCUT2D eigenvalue weighted by atomic mass is 10.1. The van der Waals surface area contributed by atoms with Gasteiger partial charge in [-0.1, -0.05) is 37.6 Å². The molecule has 1 aliphatic rings. The average Bonchev–Trinajstić information content (AvgIpc) is 2.66. The molecule has 0 amide bonds. The number of aliphatic imine (C=N–C) groups is 1. The first kappa shape index (κ1) is 20.7. The Morgan fingerprint density at radius 2 is 1.73 bits per heavy atom. The van der Waals surface area contributed by atoms with Crippen LogP contribution in [0.4, 0.5) is 0 Å². The second kappa shape index (κ2) is 10.5. The highest BCUT2D eigenvalue weighted by molar-refractivity contribution is 7.91. The van der Waals surface area contributed by atoms with Gasteiger partial charge in [-0.2, -0.15) is 0 Å². The van der Waals surface area contributed by atoms with E-state index in [9.17, 15) is 8.42 Å². The number of hydrogen-bond donors (Lipinski definition) is 2. The van der Waals surface area contributed by atoms with Crippen molar-refractivity contribution in [3.63, 3.8) is 0 Å². The van der Waals surface area contributed by atoms with E-state index in [1.54, 1.807) is 14.0 Å². The standard InChI is InChI=1S/C19H32N4O2S/c1-3-26(24,25)14-11-21-19(20-2)22-15-17-7-9-18(10-8-17)16-23-12-5-4-6-13-23/h7-10H,3-6,11-16H2,1-2H3,(H2,20,21,22). The van der Waals surface area contributed by atoms with Gasteiger partial charge in [-0.25, -0.2) is 8.42 Å². The van der Waals surface area contributed by atoms with Crippen LogP contribution in [0.15, 0.2) is 29.3 Å². The van der Waals surface area contributed by atoms with Crippen molar-refractivity contribution in [3.05, 3.63) is 35.4 Å². The maximum atomic E-state index is 11.5. The molecule has 1 aromatic carbocycles. The normalized spacial score (nSPS) is 16.5. The van der Waals surface area contributed by atoms with Gasteiger partial charge in [0, 0.05) is 32.4 Å². The molecule has 0 bridgehead atoms. The number of likely N-dealkylation sites (tertiary alicyclic amines) is 1. The summed E-state index contributed by atoms with van der Waals surface area (Å²) in [6.07, 6.45) is 3.99. The summed E-state index contributed by atoms with van der Waals surface area (Å²) in [4.78, 5) is 6.66. The van der Waals surface area contributed by atoms with Gasteiger partial charge < -0.3 is 10.6 Å². The minimum atomic E-state index is -2.96. The van der Waals surface area contributed by atoms with Crippen LogP contribution in [0.5, 0.6) is 0 Å². The van der Waals surface area contributed by atoms with Crippen LogP contribution >= 0.6 is 0 Å². The molecule has 0 aromatic heterocycles. The molecule has 1 aromatic rings. The highest BCUT2D eigenvalue weighted by Gasteiger charge is 2.10. The van der Waals surface area contributed by atoms with Crippen LogP contribution in [0.1, 0.15) is 37.3 Å². The van der Waals surface area contributed by atoms with E-state index in [1.807, 2.05) is 0 Å². The van der Waals surface area contributed by atoms with Crippen LogP contribution in [0.25, 0.3) is 0 Å². The van der Waals surface area contributed by atoms with Gasteiger partial charge in [0.2, 0.25) is 0 Å². The van der Waals surface area contributed by atoms with Crippen LogP contribution in [-0.4, -0.2) is 57.5 Å². The van der Waals surface area contributed by atoms with E-state index < -0.39 is 9.84 Å². The summed E-state index contributed by atoms with van der Waals surface area (Å²) in [5.41, 5.74) is 2.53. The minimum absolute atomic E-state index is 0.120. The SMILES string of the molecule is CCS(=O)(=O)CCNC(=NC)NCc1ccc(CN2CCCCC2)cc1. The molecule has 6 nitrogen and oxygen atoms in total. The van der Waals surface area contributed by atoms with Crippen LogP contribution in [-0.2, 0) is 22.9 Å². The molecule has 7 heteroatoms. The summed E-state index contributed by atoms with van der Waals surface area (Å²) >= 11 is 0. The predicted molar refractivity (Wildman–Crippen MR) is 108 cm³/mol. The Labute approximate surface area is 158 Å². The van der Waals surface area contributed by atoms with Gasteiger partial charge in [0.15, 0.2) is 15.8 Å². The summed E-state index contributed by atoms with van der Waals surface area (Å²) in [6.45, 7) is 6.13. The van der Waals surface area contributed by atoms with E-state index in [4.69, 9.17) is 0 Å². The highest BCUT2D eigenvalue weighted by Crippen LogP contribution is 2.13. The van der Waals surface area contributed by atoms with E-state index in [0.29, 0.717) is 19.0 Å². The van der Waals surface area contributed by atoms with Gasteiger partial charge in [0.05, 0.1) is 5.75 Å². The summed E-state index contributed by atoms with van der Waals surface area (Å²) in [6, 6.07) is 8.66. The van der Waals surface area contributed by atoms with Crippen LogP contribution < -0.4 is 10.6 Å². The zero-order valence-electron chi connectivity index (χ0n) is 16.0. The third-order valence-corrected chi connectivity index (χ3v) is 6.41. The van der Waals surface area contributed by atoms with Crippen LogP contribution in [0.3, 0.4) is 0 Å². The molecule has 0 saturated carbocycles. The predicted octanol–water partition coefficient (Wildman–Crippen LogP) is 1.77. The molecular weight excluding hydrogens is 348 g/mol. The second-order valence-corrected chi connectivity index (χ2v) is 9.21. The molecule has 0 unspecified atom stereocenters. The van der Waals surface area contributed by atoms with E-state index in [-0.39, 0.29) is 11.5 Å². The Hall–Kier alpha value is -1.60. The Bertz CT molecular complexity index is 665. The van der Waals surface area contributed by atoms with Crippen molar-refractivity contribution in [2.75, 3.05) is 38.2 Å². The molecule has 1 saturated heterocycles. The van der Waals surface area contributed by atoms with Gasteiger partial charge >= 0.3 is 0 Å². The third kappa shape index (κ3) is 7.33. The fraction of sp³-hybridized carbons (Fsp3) is 0.632. The Balaban J connectivity index is 1.75.